The van der Waals surface area contributed by atoms with Gasteiger partial charge in [0.2, 0.25) is 0 Å². The lowest BCUT2D eigenvalue weighted by Crippen LogP contribution is -2.20. The fraction of sp³-hybridized carbons (Fsp3) is 0.222. The molecule has 0 saturated carbocycles. The van der Waals surface area contributed by atoms with E-state index in [0.29, 0.717) is 16.3 Å². The van der Waals surface area contributed by atoms with Crippen LogP contribution in [-0.2, 0) is 17.6 Å². The van der Waals surface area contributed by atoms with Crippen LogP contribution in [0, 0.1) is 11.3 Å². The molecule has 1 aliphatic carbocycles. The van der Waals surface area contributed by atoms with Crippen LogP contribution in [0.25, 0.3) is 0 Å². The molecular formula is C18H15ClN2O2. The van der Waals surface area contributed by atoms with Crippen LogP contribution in [0.15, 0.2) is 36.4 Å². The van der Waals surface area contributed by atoms with E-state index in [0.717, 1.165) is 18.5 Å². The van der Waals surface area contributed by atoms with Gasteiger partial charge in [0.05, 0.1) is 16.7 Å². The van der Waals surface area contributed by atoms with Crippen molar-refractivity contribution in [2.24, 2.45) is 0 Å². The summed E-state index contributed by atoms with van der Waals surface area (Å²) in [6.45, 7) is -0.136. The SMILES string of the molecule is N#Cc1ccc(OCC(=O)Nc2ccc3c(c2)CCC3)c(Cl)c1. The molecule has 0 heterocycles. The highest BCUT2D eigenvalue weighted by Crippen LogP contribution is 2.26. The molecule has 3 rings (SSSR count). The number of hydrogen-bond acceptors (Lipinski definition) is 3. The second-order valence-corrected chi connectivity index (χ2v) is 5.84. The number of nitrogens with one attached hydrogen (secondary N) is 1. The van der Waals surface area contributed by atoms with Gasteiger partial charge in [-0.25, -0.2) is 0 Å². The summed E-state index contributed by atoms with van der Waals surface area (Å²) >= 11 is 6.01. The second kappa shape index (κ2) is 6.72. The quantitative estimate of drug-likeness (QED) is 0.931. The van der Waals surface area contributed by atoms with E-state index in [-0.39, 0.29) is 12.5 Å². The number of benzene rings is 2. The van der Waals surface area contributed by atoms with Crippen molar-refractivity contribution in [2.75, 3.05) is 11.9 Å². The van der Waals surface area contributed by atoms with Gasteiger partial charge in [0.1, 0.15) is 5.75 Å². The number of amides is 1. The zero-order valence-electron chi connectivity index (χ0n) is 12.4. The van der Waals surface area contributed by atoms with E-state index in [1.807, 2.05) is 18.2 Å². The molecule has 2 aromatic carbocycles. The Morgan fingerprint density at radius 2 is 2.04 bits per heavy atom. The molecule has 116 valence electrons. The summed E-state index contributed by atoms with van der Waals surface area (Å²) in [7, 11) is 0. The maximum Gasteiger partial charge on any atom is 0.262 e. The van der Waals surface area contributed by atoms with Crippen molar-refractivity contribution in [1.82, 2.24) is 0 Å². The zero-order chi connectivity index (χ0) is 16.2. The van der Waals surface area contributed by atoms with Gasteiger partial charge >= 0.3 is 0 Å². The molecule has 0 unspecified atom stereocenters. The van der Waals surface area contributed by atoms with Crippen molar-refractivity contribution < 1.29 is 9.53 Å². The second-order valence-electron chi connectivity index (χ2n) is 5.43. The maximum absolute atomic E-state index is 12.0. The van der Waals surface area contributed by atoms with Crippen LogP contribution in [0.1, 0.15) is 23.1 Å². The van der Waals surface area contributed by atoms with Crippen LogP contribution in [0.2, 0.25) is 5.02 Å². The van der Waals surface area contributed by atoms with Crippen molar-refractivity contribution in [3.8, 4) is 11.8 Å². The number of nitrogens with zero attached hydrogens (tertiary/aromatic N) is 1. The van der Waals surface area contributed by atoms with Crippen molar-refractivity contribution in [3.05, 3.63) is 58.1 Å². The Morgan fingerprint density at radius 3 is 2.83 bits per heavy atom. The molecule has 0 atom stereocenters. The first kappa shape index (κ1) is 15.4. The Bertz CT molecular complexity index is 796. The number of hydrogen-bond donors (Lipinski definition) is 1. The minimum Gasteiger partial charge on any atom is -0.482 e. The van der Waals surface area contributed by atoms with E-state index in [2.05, 4.69) is 11.4 Å². The van der Waals surface area contributed by atoms with Crippen molar-refractivity contribution in [3.63, 3.8) is 0 Å². The monoisotopic (exact) mass is 326 g/mol. The van der Waals surface area contributed by atoms with Crippen molar-refractivity contribution >= 4 is 23.2 Å². The van der Waals surface area contributed by atoms with E-state index in [4.69, 9.17) is 21.6 Å². The summed E-state index contributed by atoms with van der Waals surface area (Å²) in [4.78, 5) is 12.0. The number of aryl methyl sites for hydroxylation is 2. The standard InChI is InChI=1S/C18H15ClN2O2/c19-16-8-12(10-20)4-7-17(16)23-11-18(22)21-15-6-5-13-2-1-3-14(13)9-15/h4-9H,1-3,11H2,(H,21,22). The predicted octanol–water partition coefficient (Wildman–Crippen LogP) is 3.72. The first-order valence-corrected chi connectivity index (χ1v) is 7.77. The number of carbonyl (C=O) groups excluding carboxylic acids is 1. The van der Waals surface area contributed by atoms with Crippen LogP contribution in [0.3, 0.4) is 0 Å². The van der Waals surface area contributed by atoms with Crippen LogP contribution in [0.5, 0.6) is 5.75 Å². The Hall–Kier alpha value is -2.51. The number of fused-ring (bicyclic) bond motifs is 1. The fourth-order valence-corrected chi connectivity index (χ4v) is 2.91. The smallest absolute Gasteiger partial charge is 0.262 e. The Balaban J connectivity index is 1.59. The van der Waals surface area contributed by atoms with E-state index in [1.165, 1.54) is 23.6 Å². The average molecular weight is 327 g/mol. The molecule has 4 nitrogen and oxygen atoms in total. The summed E-state index contributed by atoms with van der Waals surface area (Å²) in [5.41, 5.74) is 3.90. The van der Waals surface area contributed by atoms with Crippen LogP contribution in [0.4, 0.5) is 5.69 Å². The number of rotatable bonds is 4. The highest BCUT2D eigenvalue weighted by molar-refractivity contribution is 6.32. The molecule has 0 spiro atoms. The van der Waals surface area contributed by atoms with Gasteiger partial charge < -0.3 is 10.1 Å². The van der Waals surface area contributed by atoms with E-state index >= 15 is 0 Å². The number of halogens is 1. The highest BCUT2D eigenvalue weighted by atomic mass is 35.5. The topological polar surface area (TPSA) is 62.1 Å². The first-order valence-electron chi connectivity index (χ1n) is 7.40. The van der Waals surface area contributed by atoms with Crippen LogP contribution in [-0.4, -0.2) is 12.5 Å². The summed E-state index contributed by atoms with van der Waals surface area (Å²) in [5.74, 6) is 0.137. The molecule has 1 amide bonds. The van der Waals surface area contributed by atoms with E-state index < -0.39 is 0 Å². The lowest BCUT2D eigenvalue weighted by molar-refractivity contribution is -0.118. The molecular weight excluding hydrogens is 312 g/mol. The van der Waals surface area contributed by atoms with Crippen LogP contribution >= 0.6 is 11.6 Å². The van der Waals surface area contributed by atoms with Crippen LogP contribution < -0.4 is 10.1 Å². The third kappa shape index (κ3) is 3.64. The number of anilines is 1. The summed E-state index contributed by atoms with van der Waals surface area (Å²) in [6.07, 6.45) is 3.35. The summed E-state index contributed by atoms with van der Waals surface area (Å²) in [5, 5.41) is 11.9. The summed E-state index contributed by atoms with van der Waals surface area (Å²) in [6, 6.07) is 12.7. The fourth-order valence-electron chi connectivity index (χ4n) is 2.68. The molecule has 0 aromatic heterocycles. The third-order valence-corrected chi connectivity index (χ3v) is 4.10. The normalized spacial score (nSPS) is 12.3. The molecule has 1 N–H and O–H groups in total. The molecule has 0 bridgehead atoms. The van der Waals surface area contributed by atoms with E-state index in [9.17, 15) is 4.79 Å². The number of ether oxygens (including phenoxy) is 1. The largest absolute Gasteiger partial charge is 0.482 e. The lowest BCUT2D eigenvalue weighted by atomic mass is 10.1. The van der Waals surface area contributed by atoms with Gasteiger partial charge in [-0.3, -0.25) is 4.79 Å². The minimum absolute atomic E-state index is 0.136. The number of carbonyl (C=O) groups is 1. The highest BCUT2D eigenvalue weighted by Gasteiger charge is 2.12. The molecule has 2 aromatic rings. The number of nitriles is 1. The minimum atomic E-state index is -0.247. The molecule has 5 heteroatoms. The molecule has 0 fully saturated rings. The van der Waals surface area contributed by atoms with E-state index in [1.54, 1.807) is 12.1 Å². The van der Waals surface area contributed by atoms with Gasteiger partial charge in [0, 0.05) is 5.69 Å². The predicted molar refractivity (Wildman–Crippen MR) is 88.8 cm³/mol. The molecule has 1 aliphatic rings. The third-order valence-electron chi connectivity index (χ3n) is 3.80. The van der Waals surface area contributed by atoms with Gasteiger partial charge in [-0.2, -0.15) is 5.26 Å². The van der Waals surface area contributed by atoms with Crippen molar-refractivity contribution in [2.45, 2.75) is 19.3 Å². The maximum atomic E-state index is 12.0. The Morgan fingerprint density at radius 1 is 1.22 bits per heavy atom. The Labute approximate surface area is 139 Å². The summed E-state index contributed by atoms with van der Waals surface area (Å²) < 4.78 is 5.41. The molecule has 0 aliphatic heterocycles. The van der Waals surface area contributed by atoms with Gasteiger partial charge in [-0.1, -0.05) is 17.7 Å². The van der Waals surface area contributed by atoms with Gasteiger partial charge in [-0.05, 0) is 60.7 Å². The lowest BCUT2D eigenvalue weighted by Gasteiger charge is -2.10. The molecule has 0 radical (unpaired) electrons. The van der Waals surface area contributed by atoms with Crippen molar-refractivity contribution in [1.29, 1.82) is 5.26 Å². The molecule has 0 saturated heterocycles. The zero-order valence-corrected chi connectivity index (χ0v) is 13.2. The Kier molecular flexibility index (Phi) is 4.50. The van der Waals surface area contributed by atoms with Gasteiger partial charge in [0.15, 0.2) is 6.61 Å². The first-order chi connectivity index (χ1) is 11.2. The van der Waals surface area contributed by atoms with Gasteiger partial charge in [-0.15, -0.1) is 0 Å². The average Bonchev–Trinajstić information content (AvgIpc) is 3.01. The van der Waals surface area contributed by atoms with Gasteiger partial charge in [0.25, 0.3) is 5.91 Å². The molecule has 23 heavy (non-hydrogen) atoms.